The lowest BCUT2D eigenvalue weighted by Crippen LogP contribution is -2.42. The average molecular weight is 431 g/mol. The number of benzene rings is 2. The Morgan fingerprint density at radius 1 is 1.03 bits per heavy atom. The lowest BCUT2D eigenvalue weighted by Gasteiger charge is -2.16. The van der Waals surface area contributed by atoms with E-state index in [1.54, 1.807) is 10.9 Å². The third kappa shape index (κ3) is 3.48. The number of aromatic nitrogens is 4. The van der Waals surface area contributed by atoms with Crippen LogP contribution < -0.4 is 11.2 Å². The lowest BCUT2D eigenvalue weighted by molar-refractivity contribution is 0.0950. The van der Waals surface area contributed by atoms with Crippen LogP contribution in [0.1, 0.15) is 29.5 Å². The van der Waals surface area contributed by atoms with E-state index in [9.17, 15) is 9.59 Å². The Hall–Kier alpha value is -3.45. The van der Waals surface area contributed by atoms with Crippen LogP contribution >= 0.6 is 0 Å². The maximum Gasteiger partial charge on any atom is 0.337 e. The second kappa shape index (κ2) is 8.24. The molecular weight excluding hydrogens is 404 g/mol. The zero-order valence-electron chi connectivity index (χ0n) is 18.3. The monoisotopic (exact) mass is 430 g/mol. The topological polar surface area (TPSA) is 71.1 Å². The van der Waals surface area contributed by atoms with E-state index < -0.39 is 0 Å². The van der Waals surface area contributed by atoms with Crippen LogP contribution in [-0.2, 0) is 17.8 Å². The molecule has 0 N–H and O–H groups in total. The number of ether oxygens (including phenoxy) is 1. The highest BCUT2D eigenvalue weighted by Gasteiger charge is 2.24. The van der Waals surface area contributed by atoms with Crippen molar-refractivity contribution in [1.82, 2.24) is 18.7 Å². The molecule has 3 heterocycles. The first kappa shape index (κ1) is 20.5. The van der Waals surface area contributed by atoms with E-state index in [0.29, 0.717) is 24.3 Å². The molecule has 32 heavy (non-hydrogen) atoms. The first-order chi connectivity index (χ1) is 15.5. The van der Waals surface area contributed by atoms with Crippen LogP contribution in [0.15, 0.2) is 64.4 Å². The number of nitrogens with zero attached hydrogens (tertiary/aromatic N) is 4. The largest absolute Gasteiger partial charge is 0.376 e. The maximum absolute atomic E-state index is 13.6. The molecule has 0 bridgehead atoms. The van der Waals surface area contributed by atoms with Crippen LogP contribution in [0.2, 0.25) is 0 Å². The van der Waals surface area contributed by atoms with E-state index in [1.807, 2.05) is 66.9 Å². The van der Waals surface area contributed by atoms with Gasteiger partial charge in [0.05, 0.1) is 24.7 Å². The number of hydrogen-bond donors (Lipinski definition) is 0. The summed E-state index contributed by atoms with van der Waals surface area (Å²) in [7, 11) is 0. The Kier molecular flexibility index (Phi) is 5.27. The molecule has 1 aliphatic rings. The third-order valence-electron chi connectivity index (χ3n) is 6.27. The van der Waals surface area contributed by atoms with Crippen molar-refractivity contribution in [2.24, 2.45) is 0 Å². The molecule has 4 aromatic rings. The van der Waals surface area contributed by atoms with Gasteiger partial charge in [0.1, 0.15) is 0 Å². The van der Waals surface area contributed by atoms with Crippen molar-refractivity contribution >= 4 is 11.2 Å². The van der Waals surface area contributed by atoms with Gasteiger partial charge < -0.3 is 9.30 Å². The minimum atomic E-state index is -0.381. The Labute approximate surface area is 185 Å². The summed E-state index contributed by atoms with van der Waals surface area (Å²) in [5, 5.41) is 0. The number of aryl methyl sites for hydroxylation is 2. The number of rotatable bonds is 5. The summed E-state index contributed by atoms with van der Waals surface area (Å²) in [6, 6.07) is 15.7. The zero-order valence-corrected chi connectivity index (χ0v) is 18.3. The summed E-state index contributed by atoms with van der Waals surface area (Å²) in [6.07, 6.45) is 3.31. The summed E-state index contributed by atoms with van der Waals surface area (Å²) in [6.45, 7) is 5.42. The van der Waals surface area contributed by atoms with Crippen LogP contribution in [0.3, 0.4) is 0 Å². The molecule has 0 radical (unpaired) electrons. The normalized spacial score (nSPS) is 16.1. The van der Waals surface area contributed by atoms with Gasteiger partial charge in [-0.2, -0.15) is 0 Å². The molecule has 0 unspecified atom stereocenters. The molecule has 0 spiro atoms. The summed E-state index contributed by atoms with van der Waals surface area (Å²) in [5.41, 5.74) is 4.01. The minimum absolute atomic E-state index is 0.129. The summed E-state index contributed by atoms with van der Waals surface area (Å²) in [5.74, 6) is 0. The number of hydrogen-bond acceptors (Lipinski definition) is 4. The number of fused-ring (bicyclic) bond motifs is 1. The van der Waals surface area contributed by atoms with Crippen molar-refractivity contribution < 1.29 is 4.74 Å². The fraction of sp³-hybridized carbons (Fsp3) is 0.320. The molecule has 0 amide bonds. The molecule has 1 atom stereocenters. The second-order valence-corrected chi connectivity index (χ2v) is 8.43. The van der Waals surface area contributed by atoms with E-state index in [0.717, 1.165) is 35.2 Å². The Bertz CT molecular complexity index is 1410. The van der Waals surface area contributed by atoms with E-state index in [-0.39, 0.29) is 23.9 Å². The third-order valence-corrected chi connectivity index (χ3v) is 6.27. The minimum Gasteiger partial charge on any atom is -0.376 e. The average Bonchev–Trinajstić information content (AvgIpc) is 3.44. The Balaban J connectivity index is 1.76. The highest BCUT2D eigenvalue weighted by Crippen LogP contribution is 2.19. The molecule has 1 fully saturated rings. The summed E-state index contributed by atoms with van der Waals surface area (Å²) in [4.78, 5) is 31.7. The molecule has 0 aliphatic carbocycles. The van der Waals surface area contributed by atoms with Crippen molar-refractivity contribution in [1.29, 1.82) is 0 Å². The molecule has 164 valence electrons. The molecule has 7 nitrogen and oxygen atoms in total. The van der Waals surface area contributed by atoms with Gasteiger partial charge in [-0.05, 0) is 49.4 Å². The van der Waals surface area contributed by atoms with Crippen molar-refractivity contribution in [2.75, 3.05) is 6.61 Å². The van der Waals surface area contributed by atoms with E-state index in [1.165, 1.54) is 4.57 Å². The molecule has 7 heteroatoms. The van der Waals surface area contributed by atoms with Gasteiger partial charge in [0.15, 0.2) is 11.2 Å². The fourth-order valence-corrected chi connectivity index (χ4v) is 4.46. The van der Waals surface area contributed by atoms with Crippen molar-refractivity contribution in [2.45, 2.75) is 45.9 Å². The zero-order chi connectivity index (χ0) is 22.2. The maximum atomic E-state index is 13.6. The first-order valence-electron chi connectivity index (χ1n) is 11.0. The van der Waals surface area contributed by atoms with Crippen LogP contribution in [0.4, 0.5) is 0 Å². The highest BCUT2D eigenvalue weighted by molar-refractivity contribution is 5.73. The summed E-state index contributed by atoms with van der Waals surface area (Å²) >= 11 is 0. The van der Waals surface area contributed by atoms with Gasteiger partial charge in [-0.1, -0.05) is 42.5 Å². The van der Waals surface area contributed by atoms with E-state index in [2.05, 4.69) is 4.98 Å². The van der Waals surface area contributed by atoms with Gasteiger partial charge in [0, 0.05) is 13.2 Å². The van der Waals surface area contributed by atoms with Gasteiger partial charge >= 0.3 is 5.69 Å². The van der Waals surface area contributed by atoms with Crippen molar-refractivity contribution in [3.8, 4) is 5.69 Å². The van der Waals surface area contributed by atoms with Gasteiger partial charge in [-0.25, -0.2) is 14.3 Å². The van der Waals surface area contributed by atoms with Crippen LogP contribution in [0.5, 0.6) is 0 Å². The summed E-state index contributed by atoms with van der Waals surface area (Å²) < 4.78 is 10.5. The Morgan fingerprint density at radius 2 is 1.78 bits per heavy atom. The Morgan fingerprint density at radius 3 is 2.50 bits per heavy atom. The number of imidazole rings is 1. The van der Waals surface area contributed by atoms with Crippen molar-refractivity contribution in [3.05, 3.63) is 92.4 Å². The quantitative estimate of drug-likeness (QED) is 0.488. The van der Waals surface area contributed by atoms with Gasteiger partial charge in [-0.15, -0.1) is 0 Å². The van der Waals surface area contributed by atoms with Crippen LogP contribution in [-0.4, -0.2) is 31.4 Å². The molecular formula is C25H26N4O3. The lowest BCUT2D eigenvalue weighted by atomic mass is 10.1. The molecule has 1 aliphatic heterocycles. The SMILES string of the molecule is Cc1ccccc1Cn1cnc2c1c(=O)n(C[C@@H]1CCCO1)c(=O)n2-c1ccccc1C. The van der Waals surface area contributed by atoms with Gasteiger partial charge in [0.25, 0.3) is 5.56 Å². The number of para-hydroxylation sites is 1. The molecule has 2 aromatic carbocycles. The van der Waals surface area contributed by atoms with E-state index >= 15 is 0 Å². The highest BCUT2D eigenvalue weighted by atomic mass is 16.5. The smallest absolute Gasteiger partial charge is 0.337 e. The molecule has 0 saturated carbocycles. The first-order valence-corrected chi connectivity index (χ1v) is 11.0. The molecule has 5 rings (SSSR count). The van der Waals surface area contributed by atoms with Gasteiger partial charge in [0.2, 0.25) is 0 Å². The standard InChI is InChI=1S/C25H26N4O3/c1-17-8-3-5-10-19(17)14-27-16-26-23-22(27)24(30)28(15-20-11-7-13-32-20)25(31)29(23)21-12-6-4-9-18(21)2/h3-6,8-10,12,16,20H,7,11,13-15H2,1-2H3/t20-/m0/s1. The van der Waals surface area contributed by atoms with Crippen LogP contribution in [0, 0.1) is 13.8 Å². The molecule has 2 aromatic heterocycles. The van der Waals surface area contributed by atoms with Crippen molar-refractivity contribution in [3.63, 3.8) is 0 Å². The molecule has 1 saturated heterocycles. The van der Waals surface area contributed by atoms with Crippen LogP contribution in [0.25, 0.3) is 16.9 Å². The predicted molar refractivity (Wildman–Crippen MR) is 124 cm³/mol. The van der Waals surface area contributed by atoms with E-state index in [4.69, 9.17) is 4.74 Å². The fourth-order valence-electron chi connectivity index (χ4n) is 4.46. The predicted octanol–water partition coefficient (Wildman–Crippen LogP) is 3.19. The second-order valence-electron chi connectivity index (χ2n) is 8.43. The van der Waals surface area contributed by atoms with Gasteiger partial charge in [-0.3, -0.25) is 9.36 Å².